The monoisotopic (exact) mass is 224 g/mol. The highest BCUT2D eigenvalue weighted by molar-refractivity contribution is 4.93. The van der Waals surface area contributed by atoms with Crippen LogP contribution < -0.4 is 0 Å². The Balaban J connectivity index is 2.19. The lowest BCUT2D eigenvalue weighted by molar-refractivity contribution is 0.0602. The van der Waals surface area contributed by atoms with Crippen molar-refractivity contribution in [1.29, 1.82) is 5.26 Å². The summed E-state index contributed by atoms with van der Waals surface area (Å²) < 4.78 is 5.35. The van der Waals surface area contributed by atoms with E-state index in [1.807, 2.05) is 13.8 Å². The number of hydrogen-bond donors (Lipinski definition) is 0. The Kier molecular flexibility index (Phi) is 5.24. The summed E-state index contributed by atoms with van der Waals surface area (Å²) in [5, 5.41) is 8.97. The highest BCUT2D eigenvalue weighted by Gasteiger charge is 2.20. The molecule has 0 amide bonds. The first kappa shape index (κ1) is 13.5. The summed E-state index contributed by atoms with van der Waals surface area (Å²) in [6, 6.07) is 2.35. The summed E-state index contributed by atoms with van der Waals surface area (Å²) in [5.74, 6) is 0.821. The van der Waals surface area contributed by atoms with Crippen molar-refractivity contribution in [2.24, 2.45) is 11.3 Å². The minimum Gasteiger partial charge on any atom is -0.381 e. The average molecular weight is 224 g/mol. The zero-order chi connectivity index (χ0) is 12.0. The van der Waals surface area contributed by atoms with Gasteiger partial charge in [-0.15, -0.1) is 0 Å². The molecule has 3 nitrogen and oxygen atoms in total. The van der Waals surface area contributed by atoms with E-state index in [4.69, 9.17) is 10.00 Å². The van der Waals surface area contributed by atoms with Crippen LogP contribution in [-0.4, -0.2) is 38.3 Å². The van der Waals surface area contributed by atoms with Gasteiger partial charge in [-0.1, -0.05) is 0 Å². The molecule has 0 N–H and O–H groups in total. The van der Waals surface area contributed by atoms with E-state index in [1.54, 1.807) is 0 Å². The molecule has 0 aromatic rings. The Labute approximate surface area is 99.4 Å². The average Bonchev–Trinajstić information content (AvgIpc) is 2.27. The van der Waals surface area contributed by atoms with Gasteiger partial charge < -0.3 is 9.64 Å². The number of hydrogen-bond acceptors (Lipinski definition) is 3. The van der Waals surface area contributed by atoms with Crippen molar-refractivity contribution in [3.63, 3.8) is 0 Å². The van der Waals surface area contributed by atoms with Gasteiger partial charge in [0.1, 0.15) is 0 Å². The summed E-state index contributed by atoms with van der Waals surface area (Å²) >= 11 is 0. The molecule has 1 saturated heterocycles. The smallest absolute Gasteiger partial charge is 0.0697 e. The Morgan fingerprint density at radius 1 is 1.38 bits per heavy atom. The third-order valence-electron chi connectivity index (χ3n) is 3.23. The van der Waals surface area contributed by atoms with Crippen LogP contribution in [0.5, 0.6) is 0 Å². The number of nitrogens with zero attached hydrogens (tertiary/aromatic N) is 2. The van der Waals surface area contributed by atoms with Crippen LogP contribution in [0.25, 0.3) is 0 Å². The zero-order valence-corrected chi connectivity index (χ0v) is 10.8. The van der Waals surface area contributed by atoms with Gasteiger partial charge in [0.05, 0.1) is 11.5 Å². The lowest BCUT2D eigenvalue weighted by Crippen LogP contribution is -2.32. The van der Waals surface area contributed by atoms with E-state index in [1.165, 1.54) is 19.3 Å². The lowest BCUT2D eigenvalue weighted by Gasteiger charge is -2.27. The topological polar surface area (TPSA) is 36.3 Å². The van der Waals surface area contributed by atoms with Crippen molar-refractivity contribution in [2.75, 3.05) is 33.4 Å². The molecular formula is C13H24N2O. The fourth-order valence-corrected chi connectivity index (χ4v) is 2.23. The highest BCUT2D eigenvalue weighted by atomic mass is 16.5. The van der Waals surface area contributed by atoms with Crippen LogP contribution >= 0.6 is 0 Å². The number of ether oxygens (including phenoxy) is 1. The van der Waals surface area contributed by atoms with Crippen molar-refractivity contribution < 1.29 is 4.74 Å². The molecule has 0 saturated carbocycles. The van der Waals surface area contributed by atoms with Crippen molar-refractivity contribution in [3.8, 4) is 6.07 Å². The fourth-order valence-electron chi connectivity index (χ4n) is 2.23. The van der Waals surface area contributed by atoms with E-state index in [9.17, 15) is 0 Å². The lowest BCUT2D eigenvalue weighted by atomic mass is 9.93. The van der Waals surface area contributed by atoms with Crippen molar-refractivity contribution >= 4 is 0 Å². The maximum atomic E-state index is 8.97. The quantitative estimate of drug-likeness (QED) is 0.719. The Morgan fingerprint density at radius 2 is 2.00 bits per heavy atom. The third-order valence-corrected chi connectivity index (χ3v) is 3.23. The van der Waals surface area contributed by atoms with E-state index in [0.29, 0.717) is 0 Å². The molecule has 0 spiro atoms. The Hall–Kier alpha value is -0.590. The molecule has 0 atom stereocenters. The molecule has 1 aliphatic rings. The Bertz CT molecular complexity index is 239. The second kappa shape index (κ2) is 6.22. The molecule has 0 aromatic heterocycles. The number of nitriles is 1. The summed E-state index contributed by atoms with van der Waals surface area (Å²) in [6.45, 7) is 7.80. The van der Waals surface area contributed by atoms with Gasteiger partial charge in [-0.2, -0.15) is 5.26 Å². The molecular weight excluding hydrogens is 200 g/mol. The maximum Gasteiger partial charge on any atom is 0.0697 e. The SMILES string of the molecule is CN(CCC1CCOCC1)CC(C)(C)C#N. The predicted octanol–water partition coefficient (Wildman–Crippen LogP) is 2.28. The second-order valence-corrected chi connectivity index (χ2v) is 5.58. The van der Waals surface area contributed by atoms with Gasteiger partial charge in [0.2, 0.25) is 0 Å². The van der Waals surface area contributed by atoms with E-state index in [2.05, 4.69) is 18.0 Å². The molecule has 1 fully saturated rings. The summed E-state index contributed by atoms with van der Waals surface area (Å²) in [7, 11) is 2.11. The van der Waals surface area contributed by atoms with Gasteiger partial charge >= 0.3 is 0 Å². The van der Waals surface area contributed by atoms with Gasteiger partial charge in [0.15, 0.2) is 0 Å². The molecule has 1 heterocycles. The largest absolute Gasteiger partial charge is 0.381 e. The van der Waals surface area contributed by atoms with Gasteiger partial charge in [0.25, 0.3) is 0 Å². The van der Waals surface area contributed by atoms with Gasteiger partial charge in [0, 0.05) is 19.8 Å². The van der Waals surface area contributed by atoms with Crippen molar-refractivity contribution in [1.82, 2.24) is 4.90 Å². The molecule has 0 aromatic carbocycles. The zero-order valence-electron chi connectivity index (χ0n) is 10.8. The molecule has 1 rings (SSSR count). The maximum absolute atomic E-state index is 8.97. The third kappa shape index (κ3) is 4.96. The summed E-state index contributed by atoms with van der Waals surface area (Å²) in [5.41, 5.74) is -0.232. The van der Waals surface area contributed by atoms with Gasteiger partial charge in [-0.05, 0) is 52.6 Å². The van der Waals surface area contributed by atoms with Crippen LogP contribution in [0.3, 0.4) is 0 Å². The van der Waals surface area contributed by atoms with Crippen LogP contribution in [0.15, 0.2) is 0 Å². The predicted molar refractivity (Wildman–Crippen MR) is 65.1 cm³/mol. The van der Waals surface area contributed by atoms with Crippen molar-refractivity contribution in [3.05, 3.63) is 0 Å². The molecule has 3 heteroatoms. The van der Waals surface area contributed by atoms with E-state index < -0.39 is 0 Å². The molecule has 0 unspecified atom stereocenters. The minimum absolute atomic E-state index is 0.232. The minimum atomic E-state index is -0.232. The standard InChI is InChI=1S/C13H24N2O/c1-13(2,10-14)11-15(3)7-4-12-5-8-16-9-6-12/h12H,4-9,11H2,1-3H3. The summed E-state index contributed by atoms with van der Waals surface area (Å²) in [4.78, 5) is 2.28. The molecule has 16 heavy (non-hydrogen) atoms. The van der Waals surface area contributed by atoms with Crippen LogP contribution in [0, 0.1) is 22.7 Å². The van der Waals surface area contributed by atoms with E-state index in [-0.39, 0.29) is 5.41 Å². The van der Waals surface area contributed by atoms with Crippen molar-refractivity contribution in [2.45, 2.75) is 33.1 Å². The fraction of sp³-hybridized carbons (Fsp3) is 0.923. The summed E-state index contributed by atoms with van der Waals surface area (Å²) in [6.07, 6.45) is 3.65. The molecule has 0 radical (unpaired) electrons. The number of rotatable bonds is 5. The molecule has 0 bridgehead atoms. The first-order valence-corrected chi connectivity index (χ1v) is 6.21. The molecule has 92 valence electrons. The van der Waals surface area contributed by atoms with Crippen LogP contribution in [0.4, 0.5) is 0 Å². The van der Waals surface area contributed by atoms with E-state index in [0.717, 1.165) is 32.2 Å². The van der Waals surface area contributed by atoms with E-state index >= 15 is 0 Å². The highest BCUT2D eigenvalue weighted by Crippen LogP contribution is 2.20. The van der Waals surface area contributed by atoms with Gasteiger partial charge in [-0.3, -0.25) is 0 Å². The van der Waals surface area contributed by atoms with Crippen LogP contribution in [-0.2, 0) is 4.74 Å². The van der Waals surface area contributed by atoms with Gasteiger partial charge in [-0.25, -0.2) is 0 Å². The molecule has 0 aliphatic carbocycles. The second-order valence-electron chi connectivity index (χ2n) is 5.58. The Morgan fingerprint density at radius 3 is 2.56 bits per heavy atom. The van der Waals surface area contributed by atoms with Crippen LogP contribution in [0.1, 0.15) is 33.1 Å². The normalized spacial score (nSPS) is 18.7. The first-order chi connectivity index (χ1) is 7.53. The first-order valence-electron chi connectivity index (χ1n) is 6.21. The molecule has 1 aliphatic heterocycles. The van der Waals surface area contributed by atoms with Crippen LogP contribution in [0.2, 0.25) is 0 Å².